The van der Waals surface area contributed by atoms with E-state index in [1.54, 1.807) is 4.68 Å². The first-order valence-corrected chi connectivity index (χ1v) is 9.37. The lowest BCUT2D eigenvalue weighted by atomic mass is 10.2. The Kier molecular flexibility index (Phi) is 4.46. The lowest BCUT2D eigenvalue weighted by Gasteiger charge is -2.07. The van der Waals surface area contributed by atoms with Gasteiger partial charge >= 0.3 is 6.18 Å². The molecule has 0 spiro atoms. The van der Waals surface area contributed by atoms with Crippen molar-refractivity contribution in [3.63, 3.8) is 0 Å². The van der Waals surface area contributed by atoms with Gasteiger partial charge in [0.2, 0.25) is 10.1 Å². The molecule has 1 saturated carbocycles. The Morgan fingerprint density at radius 2 is 1.89 bits per heavy atom. The van der Waals surface area contributed by atoms with Crippen molar-refractivity contribution in [2.75, 3.05) is 5.32 Å². The average molecular weight is 459 g/mol. The Bertz CT molecular complexity index is 996. The summed E-state index contributed by atoms with van der Waals surface area (Å²) in [7, 11) is 0. The van der Waals surface area contributed by atoms with Gasteiger partial charge in [-0.3, -0.25) is 10.1 Å². The summed E-state index contributed by atoms with van der Waals surface area (Å²) in [6.45, 7) is 0. The molecule has 0 bridgehead atoms. The van der Waals surface area contributed by atoms with E-state index in [4.69, 9.17) is 0 Å². The van der Waals surface area contributed by atoms with Crippen LogP contribution >= 0.6 is 27.3 Å². The predicted molar refractivity (Wildman–Crippen MR) is 93.9 cm³/mol. The molecule has 7 nitrogen and oxygen atoms in total. The third-order valence-corrected chi connectivity index (χ3v) is 5.26. The molecule has 1 aromatic carbocycles. The smallest absolute Gasteiger partial charge is 0.295 e. The number of aromatic nitrogens is 5. The topological polar surface area (TPSA) is 85.6 Å². The molecule has 2 heterocycles. The van der Waals surface area contributed by atoms with Crippen molar-refractivity contribution in [1.29, 1.82) is 0 Å². The van der Waals surface area contributed by atoms with Crippen LogP contribution in [-0.4, -0.2) is 31.1 Å². The molecule has 3 aromatic rings. The first-order chi connectivity index (χ1) is 12.8. The fraction of sp³-hybridized carbons (Fsp3) is 0.267. The Hall–Kier alpha value is -2.34. The summed E-state index contributed by atoms with van der Waals surface area (Å²) in [5, 5.41) is 15.4. The van der Waals surface area contributed by atoms with Crippen molar-refractivity contribution in [2.24, 2.45) is 0 Å². The van der Waals surface area contributed by atoms with Crippen molar-refractivity contribution in [1.82, 2.24) is 25.2 Å². The zero-order valence-electron chi connectivity index (χ0n) is 13.4. The second-order valence-electron chi connectivity index (χ2n) is 5.85. The van der Waals surface area contributed by atoms with Gasteiger partial charge in [-0.05, 0) is 37.1 Å². The summed E-state index contributed by atoms with van der Waals surface area (Å²) in [4.78, 5) is 12.5. The van der Waals surface area contributed by atoms with E-state index >= 15 is 0 Å². The number of anilines is 1. The normalized spacial score (nSPS) is 14.4. The molecule has 1 N–H and O–H groups in total. The molecule has 0 radical (unpaired) electrons. The first kappa shape index (κ1) is 18.0. The molecule has 0 atom stereocenters. The van der Waals surface area contributed by atoms with Crippen LogP contribution in [-0.2, 0) is 6.18 Å². The van der Waals surface area contributed by atoms with E-state index < -0.39 is 17.1 Å². The van der Waals surface area contributed by atoms with Gasteiger partial charge in [0.25, 0.3) is 5.91 Å². The molecular formula is C15H10BrF3N6OS. The van der Waals surface area contributed by atoms with E-state index in [2.05, 4.69) is 41.8 Å². The minimum absolute atomic E-state index is 0.0733. The molecule has 0 saturated heterocycles. The van der Waals surface area contributed by atoms with Crippen LogP contribution in [0.3, 0.4) is 0 Å². The van der Waals surface area contributed by atoms with Gasteiger partial charge < -0.3 is 0 Å². The molecule has 27 heavy (non-hydrogen) atoms. The monoisotopic (exact) mass is 458 g/mol. The van der Waals surface area contributed by atoms with Gasteiger partial charge in [0.05, 0.1) is 11.4 Å². The highest BCUT2D eigenvalue weighted by Crippen LogP contribution is 2.42. The number of amides is 1. The van der Waals surface area contributed by atoms with Crippen molar-refractivity contribution in [3.05, 3.63) is 45.1 Å². The van der Waals surface area contributed by atoms with Crippen LogP contribution in [0.2, 0.25) is 0 Å². The van der Waals surface area contributed by atoms with E-state index in [1.807, 2.05) is 24.3 Å². The SMILES string of the molecule is O=C(Nc1nnc(C(F)(F)F)s1)c1nnn(-c2ccc(Br)cc2)c1C1CC1. The van der Waals surface area contributed by atoms with Crippen LogP contribution in [0.25, 0.3) is 5.69 Å². The van der Waals surface area contributed by atoms with Gasteiger partial charge in [-0.15, -0.1) is 15.3 Å². The summed E-state index contributed by atoms with van der Waals surface area (Å²) in [5.74, 6) is -0.533. The Morgan fingerprint density at radius 3 is 2.48 bits per heavy atom. The molecule has 0 aliphatic heterocycles. The number of nitrogens with one attached hydrogen (secondary N) is 1. The molecule has 1 aliphatic rings. The van der Waals surface area contributed by atoms with E-state index in [0.717, 1.165) is 23.0 Å². The summed E-state index contributed by atoms with van der Waals surface area (Å²) >= 11 is 3.62. The Balaban J connectivity index is 1.63. The van der Waals surface area contributed by atoms with Crippen molar-refractivity contribution >= 4 is 38.3 Å². The Labute approximate surface area is 162 Å². The number of hydrogen-bond acceptors (Lipinski definition) is 6. The van der Waals surface area contributed by atoms with Crippen molar-refractivity contribution in [3.8, 4) is 5.69 Å². The van der Waals surface area contributed by atoms with Crippen molar-refractivity contribution < 1.29 is 18.0 Å². The van der Waals surface area contributed by atoms with E-state index in [-0.39, 0.29) is 28.1 Å². The lowest BCUT2D eigenvalue weighted by molar-refractivity contribution is -0.138. The number of benzene rings is 1. The summed E-state index contributed by atoms with van der Waals surface area (Å²) < 4.78 is 40.4. The zero-order valence-corrected chi connectivity index (χ0v) is 15.8. The minimum Gasteiger partial charge on any atom is -0.295 e. The summed E-state index contributed by atoms with van der Waals surface area (Å²) in [6, 6.07) is 7.33. The third-order valence-electron chi connectivity index (χ3n) is 3.84. The van der Waals surface area contributed by atoms with E-state index in [0.29, 0.717) is 5.69 Å². The van der Waals surface area contributed by atoms with Gasteiger partial charge in [0.1, 0.15) is 0 Å². The van der Waals surface area contributed by atoms with Gasteiger partial charge in [-0.25, -0.2) is 4.68 Å². The molecule has 12 heteroatoms. The van der Waals surface area contributed by atoms with Crippen LogP contribution in [0.4, 0.5) is 18.3 Å². The van der Waals surface area contributed by atoms with E-state index in [9.17, 15) is 18.0 Å². The summed E-state index contributed by atoms with van der Waals surface area (Å²) in [6.07, 6.45) is -2.83. The molecule has 140 valence electrons. The number of alkyl halides is 3. The highest BCUT2D eigenvalue weighted by molar-refractivity contribution is 9.10. The largest absolute Gasteiger partial charge is 0.445 e. The molecule has 1 fully saturated rings. The fourth-order valence-electron chi connectivity index (χ4n) is 2.49. The predicted octanol–water partition coefficient (Wildman–Crippen LogP) is 4.03. The van der Waals surface area contributed by atoms with Crippen LogP contribution < -0.4 is 5.32 Å². The van der Waals surface area contributed by atoms with Gasteiger partial charge in [-0.1, -0.05) is 32.5 Å². The molecule has 4 rings (SSSR count). The second-order valence-corrected chi connectivity index (χ2v) is 7.74. The quantitative estimate of drug-likeness (QED) is 0.637. The molecule has 2 aromatic heterocycles. The third kappa shape index (κ3) is 3.72. The standard InChI is InChI=1S/C15H10BrF3N6OS/c16-8-3-5-9(6-4-8)25-11(7-1-2-7)10(21-24-25)12(26)20-14-23-22-13(27-14)15(17,18)19/h3-7H,1-2H2,(H,20,23,26). The minimum atomic E-state index is -4.61. The Morgan fingerprint density at radius 1 is 1.19 bits per heavy atom. The molecule has 1 amide bonds. The molecule has 1 aliphatic carbocycles. The number of nitrogens with zero attached hydrogens (tertiary/aromatic N) is 5. The molecule has 0 unspecified atom stereocenters. The highest BCUT2D eigenvalue weighted by Gasteiger charge is 2.37. The lowest BCUT2D eigenvalue weighted by Crippen LogP contribution is -2.15. The number of carbonyl (C=O) groups is 1. The zero-order chi connectivity index (χ0) is 19.2. The maximum absolute atomic E-state index is 12.6. The number of rotatable bonds is 4. The van der Waals surface area contributed by atoms with Gasteiger partial charge in [-0.2, -0.15) is 13.2 Å². The fourth-order valence-corrected chi connectivity index (χ4v) is 3.36. The van der Waals surface area contributed by atoms with Crippen LogP contribution in [0, 0.1) is 0 Å². The highest BCUT2D eigenvalue weighted by atomic mass is 79.9. The van der Waals surface area contributed by atoms with Crippen LogP contribution in [0.5, 0.6) is 0 Å². The number of carbonyl (C=O) groups excluding carboxylic acids is 1. The van der Waals surface area contributed by atoms with Crippen LogP contribution in [0.1, 0.15) is 39.9 Å². The number of halogens is 4. The maximum atomic E-state index is 12.6. The van der Waals surface area contributed by atoms with Crippen LogP contribution in [0.15, 0.2) is 28.7 Å². The summed E-state index contributed by atoms with van der Waals surface area (Å²) in [5.41, 5.74) is 1.45. The molecular weight excluding hydrogens is 449 g/mol. The second kappa shape index (κ2) is 6.68. The first-order valence-electron chi connectivity index (χ1n) is 7.76. The van der Waals surface area contributed by atoms with Gasteiger partial charge in [0, 0.05) is 10.4 Å². The van der Waals surface area contributed by atoms with Gasteiger partial charge in [0.15, 0.2) is 5.69 Å². The average Bonchev–Trinajstić information content (AvgIpc) is 3.16. The van der Waals surface area contributed by atoms with E-state index in [1.165, 1.54) is 0 Å². The maximum Gasteiger partial charge on any atom is 0.445 e. The van der Waals surface area contributed by atoms with Crippen molar-refractivity contribution in [2.45, 2.75) is 24.9 Å². The number of hydrogen-bond donors (Lipinski definition) is 1.